The topological polar surface area (TPSA) is 41.1 Å². The Kier molecular flexibility index (Phi) is 5.23. The van der Waals surface area contributed by atoms with Crippen LogP contribution in [0.2, 0.25) is 10.0 Å². The standard InChI is InChI=1S/C17H20Cl2N4/c1-12-10-16(23-8-2-3-9-23)22-17(21-12)20-7-6-13-4-5-14(18)11-15(13)19/h4-5,10-11H,2-3,6-9H2,1H3,(H,20,21,22). The number of hydrogen-bond donors (Lipinski definition) is 1. The normalized spacial score (nSPS) is 14.3. The maximum Gasteiger partial charge on any atom is 0.224 e. The highest BCUT2D eigenvalue weighted by atomic mass is 35.5. The molecule has 1 aromatic heterocycles. The van der Waals surface area contributed by atoms with Crippen LogP contribution in [-0.2, 0) is 6.42 Å². The lowest BCUT2D eigenvalue weighted by Gasteiger charge is -2.17. The third kappa shape index (κ3) is 4.27. The molecule has 0 aliphatic carbocycles. The van der Waals surface area contributed by atoms with Gasteiger partial charge in [-0.15, -0.1) is 0 Å². The van der Waals surface area contributed by atoms with E-state index in [0.717, 1.165) is 43.1 Å². The SMILES string of the molecule is Cc1cc(N2CCCC2)nc(NCCc2ccc(Cl)cc2Cl)n1. The molecule has 0 saturated carbocycles. The maximum absolute atomic E-state index is 6.20. The molecule has 0 bridgehead atoms. The fourth-order valence-electron chi connectivity index (χ4n) is 2.77. The van der Waals surface area contributed by atoms with Crippen molar-refractivity contribution in [2.24, 2.45) is 0 Å². The van der Waals surface area contributed by atoms with E-state index in [2.05, 4.69) is 20.2 Å². The molecule has 0 amide bonds. The van der Waals surface area contributed by atoms with Crippen LogP contribution < -0.4 is 10.2 Å². The molecule has 23 heavy (non-hydrogen) atoms. The molecule has 1 aliphatic rings. The molecule has 1 aliphatic heterocycles. The molecule has 0 spiro atoms. The Labute approximate surface area is 146 Å². The molecule has 2 heterocycles. The predicted molar refractivity (Wildman–Crippen MR) is 96.9 cm³/mol. The van der Waals surface area contributed by atoms with Crippen LogP contribution in [-0.4, -0.2) is 29.6 Å². The highest BCUT2D eigenvalue weighted by Crippen LogP contribution is 2.22. The lowest BCUT2D eigenvalue weighted by molar-refractivity contribution is 0.910. The zero-order valence-electron chi connectivity index (χ0n) is 13.1. The molecule has 0 atom stereocenters. The molecule has 1 N–H and O–H groups in total. The summed E-state index contributed by atoms with van der Waals surface area (Å²) in [6.45, 7) is 4.89. The van der Waals surface area contributed by atoms with Crippen molar-refractivity contribution in [3.8, 4) is 0 Å². The highest BCUT2D eigenvalue weighted by molar-refractivity contribution is 6.35. The summed E-state index contributed by atoms with van der Waals surface area (Å²) in [6, 6.07) is 7.64. The van der Waals surface area contributed by atoms with Crippen LogP contribution in [0.25, 0.3) is 0 Å². The maximum atomic E-state index is 6.20. The minimum absolute atomic E-state index is 0.656. The summed E-state index contributed by atoms with van der Waals surface area (Å²) in [5.41, 5.74) is 2.05. The van der Waals surface area contributed by atoms with Crippen LogP contribution in [0, 0.1) is 6.92 Å². The van der Waals surface area contributed by atoms with Crippen LogP contribution in [0.15, 0.2) is 24.3 Å². The van der Waals surface area contributed by atoms with E-state index >= 15 is 0 Å². The van der Waals surface area contributed by atoms with Gasteiger partial charge in [0.1, 0.15) is 5.82 Å². The quantitative estimate of drug-likeness (QED) is 0.870. The Morgan fingerprint density at radius 2 is 1.91 bits per heavy atom. The molecule has 122 valence electrons. The monoisotopic (exact) mass is 350 g/mol. The van der Waals surface area contributed by atoms with Gasteiger partial charge in [-0.05, 0) is 43.9 Å². The first-order valence-electron chi connectivity index (χ1n) is 7.90. The molecule has 3 rings (SSSR count). The third-order valence-electron chi connectivity index (χ3n) is 3.96. The summed E-state index contributed by atoms with van der Waals surface area (Å²) >= 11 is 12.1. The van der Waals surface area contributed by atoms with E-state index < -0.39 is 0 Å². The van der Waals surface area contributed by atoms with Crippen molar-refractivity contribution in [3.63, 3.8) is 0 Å². The molecule has 0 unspecified atom stereocenters. The van der Waals surface area contributed by atoms with Crippen LogP contribution in [0.3, 0.4) is 0 Å². The van der Waals surface area contributed by atoms with Gasteiger partial charge in [-0.2, -0.15) is 4.98 Å². The summed E-state index contributed by atoms with van der Waals surface area (Å²) < 4.78 is 0. The van der Waals surface area contributed by atoms with E-state index in [1.807, 2.05) is 25.1 Å². The molecule has 1 saturated heterocycles. The predicted octanol–water partition coefficient (Wildman–Crippen LogP) is 4.35. The Balaban J connectivity index is 1.63. The Hall–Kier alpha value is -1.52. The van der Waals surface area contributed by atoms with Gasteiger partial charge in [0, 0.05) is 41.4 Å². The van der Waals surface area contributed by atoms with E-state index in [1.165, 1.54) is 12.8 Å². The van der Waals surface area contributed by atoms with E-state index in [1.54, 1.807) is 6.07 Å². The summed E-state index contributed by atoms with van der Waals surface area (Å²) in [5, 5.41) is 4.65. The summed E-state index contributed by atoms with van der Waals surface area (Å²) in [5.74, 6) is 1.69. The first-order valence-corrected chi connectivity index (χ1v) is 8.66. The molecular formula is C17H20Cl2N4. The van der Waals surface area contributed by atoms with E-state index in [-0.39, 0.29) is 0 Å². The molecule has 4 nitrogen and oxygen atoms in total. The Morgan fingerprint density at radius 3 is 2.65 bits per heavy atom. The molecule has 0 radical (unpaired) electrons. The number of halogens is 2. The molecule has 2 aromatic rings. The average Bonchev–Trinajstić information content (AvgIpc) is 3.03. The lowest BCUT2D eigenvalue weighted by Crippen LogP contribution is -2.20. The van der Waals surface area contributed by atoms with Gasteiger partial charge in [-0.25, -0.2) is 4.98 Å². The zero-order valence-corrected chi connectivity index (χ0v) is 14.7. The van der Waals surface area contributed by atoms with Gasteiger partial charge in [0.15, 0.2) is 0 Å². The van der Waals surface area contributed by atoms with Crippen molar-refractivity contribution in [2.45, 2.75) is 26.2 Å². The Morgan fingerprint density at radius 1 is 1.13 bits per heavy atom. The summed E-state index contributed by atoms with van der Waals surface area (Å²) in [4.78, 5) is 11.4. The lowest BCUT2D eigenvalue weighted by atomic mass is 10.1. The largest absolute Gasteiger partial charge is 0.356 e. The third-order valence-corrected chi connectivity index (χ3v) is 4.55. The molecular weight excluding hydrogens is 331 g/mol. The second kappa shape index (κ2) is 7.37. The average molecular weight is 351 g/mol. The first-order chi connectivity index (χ1) is 11.1. The summed E-state index contributed by atoms with van der Waals surface area (Å²) in [6.07, 6.45) is 3.27. The molecule has 1 aromatic carbocycles. The second-order valence-electron chi connectivity index (χ2n) is 5.80. The van der Waals surface area contributed by atoms with E-state index in [0.29, 0.717) is 16.0 Å². The van der Waals surface area contributed by atoms with Crippen molar-refractivity contribution < 1.29 is 0 Å². The van der Waals surface area contributed by atoms with Crippen LogP contribution in [0.5, 0.6) is 0 Å². The van der Waals surface area contributed by atoms with Crippen LogP contribution >= 0.6 is 23.2 Å². The zero-order chi connectivity index (χ0) is 16.2. The highest BCUT2D eigenvalue weighted by Gasteiger charge is 2.15. The fraction of sp³-hybridized carbons (Fsp3) is 0.412. The van der Waals surface area contributed by atoms with Gasteiger partial charge < -0.3 is 10.2 Å². The first kappa shape index (κ1) is 16.3. The Bertz CT molecular complexity index is 684. The van der Waals surface area contributed by atoms with Gasteiger partial charge in [0.2, 0.25) is 5.95 Å². The molecule has 6 heteroatoms. The number of aryl methyl sites for hydroxylation is 1. The van der Waals surface area contributed by atoms with Crippen molar-refractivity contribution in [1.29, 1.82) is 0 Å². The number of hydrogen-bond acceptors (Lipinski definition) is 4. The van der Waals surface area contributed by atoms with Gasteiger partial charge in [-0.3, -0.25) is 0 Å². The van der Waals surface area contributed by atoms with E-state index in [4.69, 9.17) is 23.2 Å². The number of aromatic nitrogens is 2. The fourth-order valence-corrected chi connectivity index (χ4v) is 3.28. The minimum atomic E-state index is 0.656. The van der Waals surface area contributed by atoms with Gasteiger partial charge in [-0.1, -0.05) is 29.3 Å². The number of nitrogens with one attached hydrogen (secondary N) is 1. The molecule has 1 fully saturated rings. The number of nitrogens with zero attached hydrogens (tertiary/aromatic N) is 3. The summed E-state index contributed by atoms with van der Waals surface area (Å²) in [7, 11) is 0. The van der Waals surface area contributed by atoms with Crippen LogP contribution in [0.4, 0.5) is 11.8 Å². The second-order valence-corrected chi connectivity index (χ2v) is 6.64. The van der Waals surface area contributed by atoms with Crippen molar-refractivity contribution in [1.82, 2.24) is 9.97 Å². The van der Waals surface area contributed by atoms with Crippen molar-refractivity contribution >= 4 is 35.0 Å². The number of anilines is 2. The van der Waals surface area contributed by atoms with Crippen molar-refractivity contribution in [2.75, 3.05) is 29.9 Å². The number of rotatable bonds is 5. The van der Waals surface area contributed by atoms with E-state index in [9.17, 15) is 0 Å². The van der Waals surface area contributed by atoms with Gasteiger partial charge in [0.05, 0.1) is 0 Å². The van der Waals surface area contributed by atoms with Gasteiger partial charge >= 0.3 is 0 Å². The van der Waals surface area contributed by atoms with Crippen LogP contribution in [0.1, 0.15) is 24.1 Å². The van der Waals surface area contributed by atoms with Gasteiger partial charge in [0.25, 0.3) is 0 Å². The van der Waals surface area contributed by atoms with Crippen molar-refractivity contribution in [3.05, 3.63) is 45.6 Å². The number of benzene rings is 1. The smallest absolute Gasteiger partial charge is 0.224 e. The minimum Gasteiger partial charge on any atom is -0.356 e.